The predicted octanol–water partition coefficient (Wildman–Crippen LogP) is 2.73. The highest BCUT2D eigenvalue weighted by Crippen LogP contribution is 2.29. The molecule has 1 amide bonds. The Hall–Kier alpha value is -2.03. The van der Waals surface area contributed by atoms with Crippen LogP contribution in [0, 0.1) is 21.8 Å². The lowest BCUT2D eigenvalue weighted by Crippen LogP contribution is -2.41. The molecule has 1 rings (SSSR count). The molecular formula is C13H14BrFN2O5. The van der Waals surface area contributed by atoms with Crippen molar-refractivity contribution in [2.24, 2.45) is 5.92 Å². The zero-order valence-electron chi connectivity index (χ0n) is 11.8. The largest absolute Gasteiger partial charge is 0.480 e. The third-order valence-corrected chi connectivity index (χ3v) is 3.60. The molecule has 9 heteroatoms. The molecule has 120 valence electrons. The third kappa shape index (κ3) is 4.48. The van der Waals surface area contributed by atoms with Crippen molar-refractivity contribution < 1.29 is 24.0 Å². The topological polar surface area (TPSA) is 110 Å². The molecule has 1 aromatic rings. The first-order chi connectivity index (χ1) is 10.1. The first-order valence-corrected chi connectivity index (χ1v) is 7.09. The van der Waals surface area contributed by atoms with Crippen molar-refractivity contribution in [2.75, 3.05) is 0 Å². The smallest absolute Gasteiger partial charge is 0.326 e. The van der Waals surface area contributed by atoms with Crippen LogP contribution in [-0.2, 0) is 4.79 Å². The van der Waals surface area contributed by atoms with Crippen LogP contribution >= 0.6 is 15.9 Å². The maximum Gasteiger partial charge on any atom is 0.326 e. The van der Waals surface area contributed by atoms with Crippen molar-refractivity contribution in [2.45, 2.75) is 26.3 Å². The lowest BCUT2D eigenvalue weighted by atomic mass is 10.0. The number of nitrogens with one attached hydrogen (secondary N) is 1. The van der Waals surface area contributed by atoms with Gasteiger partial charge in [0.2, 0.25) is 0 Å². The van der Waals surface area contributed by atoms with Gasteiger partial charge < -0.3 is 10.4 Å². The van der Waals surface area contributed by atoms with Crippen molar-refractivity contribution in [3.63, 3.8) is 0 Å². The summed E-state index contributed by atoms with van der Waals surface area (Å²) >= 11 is 2.88. The Bertz CT molecular complexity index is 621. The van der Waals surface area contributed by atoms with Gasteiger partial charge in [-0.15, -0.1) is 0 Å². The maximum atomic E-state index is 13.4. The lowest BCUT2D eigenvalue weighted by Gasteiger charge is -2.17. The van der Waals surface area contributed by atoms with E-state index in [1.807, 2.05) is 0 Å². The zero-order valence-corrected chi connectivity index (χ0v) is 13.4. The van der Waals surface area contributed by atoms with Gasteiger partial charge in [0.1, 0.15) is 16.3 Å². The SMILES string of the molecule is CC(C)C[C@@H](NC(=O)c1cc(F)cc([N+](=O)[O-])c1Br)C(=O)O. The molecule has 2 N–H and O–H groups in total. The summed E-state index contributed by atoms with van der Waals surface area (Å²) in [7, 11) is 0. The fraction of sp³-hybridized carbons (Fsp3) is 0.385. The van der Waals surface area contributed by atoms with E-state index < -0.39 is 34.3 Å². The van der Waals surface area contributed by atoms with Crippen LogP contribution in [0.4, 0.5) is 10.1 Å². The molecule has 1 atom stereocenters. The van der Waals surface area contributed by atoms with Crippen molar-refractivity contribution in [3.05, 3.63) is 38.1 Å². The van der Waals surface area contributed by atoms with E-state index in [9.17, 15) is 24.1 Å². The van der Waals surface area contributed by atoms with Crippen LogP contribution in [0.3, 0.4) is 0 Å². The number of carboxylic acid groups (broad SMARTS) is 1. The number of amides is 1. The molecule has 0 fully saturated rings. The molecule has 7 nitrogen and oxygen atoms in total. The van der Waals surface area contributed by atoms with Gasteiger partial charge in [-0.2, -0.15) is 0 Å². The number of hydrogen-bond acceptors (Lipinski definition) is 4. The fourth-order valence-corrected chi connectivity index (χ4v) is 2.36. The Morgan fingerprint density at radius 3 is 2.50 bits per heavy atom. The van der Waals surface area contributed by atoms with Crippen LogP contribution < -0.4 is 5.32 Å². The molecule has 0 spiro atoms. The first kappa shape index (κ1) is 18.0. The highest BCUT2D eigenvalue weighted by molar-refractivity contribution is 9.10. The predicted molar refractivity (Wildman–Crippen MR) is 79.1 cm³/mol. The van der Waals surface area contributed by atoms with Gasteiger partial charge in [0.15, 0.2) is 0 Å². The summed E-state index contributed by atoms with van der Waals surface area (Å²) in [5.74, 6) is -3.09. The standard InChI is InChI=1S/C13H14BrFN2O5/c1-6(2)3-9(13(19)20)16-12(18)8-4-7(15)5-10(11(8)14)17(21)22/h4-6,9H,3H2,1-2H3,(H,16,18)(H,19,20)/t9-/m1/s1. The summed E-state index contributed by atoms with van der Waals surface area (Å²) in [6, 6.07) is 0.311. The molecule has 0 radical (unpaired) electrons. The summed E-state index contributed by atoms with van der Waals surface area (Å²) in [6.45, 7) is 3.57. The zero-order chi connectivity index (χ0) is 17.0. The van der Waals surface area contributed by atoms with Crippen LogP contribution in [0.25, 0.3) is 0 Å². The van der Waals surface area contributed by atoms with Crippen molar-refractivity contribution >= 4 is 33.5 Å². The van der Waals surface area contributed by atoms with Gasteiger partial charge in [0, 0.05) is 0 Å². The highest BCUT2D eigenvalue weighted by Gasteiger charge is 2.26. The van der Waals surface area contributed by atoms with Gasteiger partial charge >= 0.3 is 5.97 Å². The maximum absolute atomic E-state index is 13.4. The molecule has 0 saturated carbocycles. The van der Waals surface area contributed by atoms with Crippen molar-refractivity contribution in [3.8, 4) is 0 Å². The first-order valence-electron chi connectivity index (χ1n) is 6.30. The van der Waals surface area contributed by atoms with Crippen LogP contribution in [0.5, 0.6) is 0 Å². The minimum atomic E-state index is -1.23. The molecule has 0 aromatic heterocycles. The minimum Gasteiger partial charge on any atom is -0.480 e. The second-order valence-electron chi connectivity index (χ2n) is 5.04. The monoisotopic (exact) mass is 376 g/mol. The summed E-state index contributed by atoms with van der Waals surface area (Å²) < 4.78 is 13.2. The van der Waals surface area contributed by atoms with E-state index in [2.05, 4.69) is 21.2 Å². The number of hydrogen-bond donors (Lipinski definition) is 2. The number of rotatable bonds is 6. The minimum absolute atomic E-state index is 0.00619. The Kier molecular flexibility index (Phi) is 5.98. The second kappa shape index (κ2) is 7.30. The quantitative estimate of drug-likeness (QED) is 0.585. The number of nitrogens with zero attached hydrogens (tertiary/aromatic N) is 1. The Labute approximate surface area is 133 Å². The molecule has 0 aliphatic carbocycles. The van der Waals surface area contributed by atoms with Gasteiger partial charge in [-0.05, 0) is 34.3 Å². The summed E-state index contributed by atoms with van der Waals surface area (Å²) in [5, 5.41) is 22.1. The molecule has 22 heavy (non-hydrogen) atoms. The van der Waals surface area contributed by atoms with E-state index in [1.165, 1.54) is 0 Å². The third-order valence-electron chi connectivity index (χ3n) is 2.77. The van der Waals surface area contributed by atoms with E-state index in [1.54, 1.807) is 13.8 Å². The fourth-order valence-electron chi connectivity index (χ4n) is 1.80. The van der Waals surface area contributed by atoms with Crippen LogP contribution in [-0.4, -0.2) is 27.9 Å². The van der Waals surface area contributed by atoms with Crippen LogP contribution in [0.15, 0.2) is 16.6 Å². The van der Waals surface area contributed by atoms with Crippen molar-refractivity contribution in [1.29, 1.82) is 0 Å². The number of carboxylic acids is 1. The molecule has 0 heterocycles. The van der Waals surface area contributed by atoms with Gasteiger partial charge in [0.25, 0.3) is 11.6 Å². The summed E-state index contributed by atoms with van der Waals surface area (Å²) in [6.07, 6.45) is 0.177. The molecule has 0 aliphatic rings. The number of benzene rings is 1. The normalized spacial score (nSPS) is 12.0. The van der Waals surface area contributed by atoms with Crippen LogP contribution in [0.2, 0.25) is 0 Å². The average Bonchev–Trinajstić information content (AvgIpc) is 2.39. The number of nitro benzene ring substituents is 1. The van der Waals surface area contributed by atoms with E-state index in [-0.39, 0.29) is 22.4 Å². The van der Waals surface area contributed by atoms with Gasteiger partial charge in [-0.1, -0.05) is 13.8 Å². The van der Waals surface area contributed by atoms with Gasteiger partial charge in [-0.3, -0.25) is 14.9 Å². The van der Waals surface area contributed by atoms with Gasteiger partial charge in [0.05, 0.1) is 16.6 Å². The van der Waals surface area contributed by atoms with Crippen LogP contribution in [0.1, 0.15) is 30.6 Å². The number of aliphatic carboxylic acids is 1. The Morgan fingerprint density at radius 1 is 1.45 bits per heavy atom. The Balaban J connectivity index is 3.12. The van der Waals surface area contributed by atoms with Crippen molar-refractivity contribution in [1.82, 2.24) is 5.32 Å². The molecule has 0 aliphatic heterocycles. The van der Waals surface area contributed by atoms with E-state index in [4.69, 9.17) is 5.11 Å². The molecule has 0 unspecified atom stereocenters. The van der Waals surface area contributed by atoms with E-state index >= 15 is 0 Å². The Morgan fingerprint density at radius 2 is 2.05 bits per heavy atom. The van der Waals surface area contributed by atoms with E-state index in [0.717, 1.165) is 6.07 Å². The van der Waals surface area contributed by atoms with Gasteiger partial charge in [-0.25, -0.2) is 9.18 Å². The average molecular weight is 377 g/mol. The summed E-state index contributed by atoms with van der Waals surface area (Å²) in [5.41, 5.74) is -0.942. The summed E-state index contributed by atoms with van der Waals surface area (Å²) in [4.78, 5) is 33.2. The molecule has 0 saturated heterocycles. The number of halogens is 2. The molecular weight excluding hydrogens is 363 g/mol. The number of nitro groups is 1. The molecule has 1 aromatic carbocycles. The lowest BCUT2D eigenvalue weighted by molar-refractivity contribution is -0.385. The molecule has 0 bridgehead atoms. The second-order valence-corrected chi connectivity index (χ2v) is 5.83. The number of carbonyl (C=O) groups excluding carboxylic acids is 1. The number of carbonyl (C=O) groups is 2. The highest BCUT2D eigenvalue weighted by atomic mass is 79.9. The van der Waals surface area contributed by atoms with E-state index in [0.29, 0.717) is 6.07 Å².